The van der Waals surface area contributed by atoms with Gasteiger partial charge in [0.1, 0.15) is 5.82 Å². The van der Waals surface area contributed by atoms with Gasteiger partial charge in [-0.25, -0.2) is 13.4 Å². The minimum Gasteiger partial charge on any atom is -0.392 e. The number of rotatable bonds is 5. The number of benzene rings is 1. The zero-order valence-corrected chi connectivity index (χ0v) is 15.5. The van der Waals surface area contributed by atoms with Gasteiger partial charge in [0.15, 0.2) is 0 Å². The number of pyridine rings is 1. The highest BCUT2D eigenvalue weighted by Crippen LogP contribution is 2.28. The van der Waals surface area contributed by atoms with Gasteiger partial charge < -0.3 is 10.0 Å². The average Bonchev–Trinajstić information content (AvgIpc) is 2.60. The second kappa shape index (κ2) is 7.27. The van der Waals surface area contributed by atoms with Crippen molar-refractivity contribution in [2.75, 3.05) is 30.8 Å². The van der Waals surface area contributed by atoms with Crippen LogP contribution in [-0.4, -0.2) is 54.7 Å². The molecule has 136 valence electrons. The molecule has 0 atom stereocenters. The summed E-state index contributed by atoms with van der Waals surface area (Å²) in [5.74, 6) is 0.807. The standard InChI is InChI=1S/C18H25N3O3S/c1-3-21(25(2,23)24)16-8-10-20(11-9-16)18-15(13-22)12-14-6-4-5-7-17(14)19-18/h4-7,12,16,22H,3,8-11,13H2,1-2H3. The first-order valence-corrected chi connectivity index (χ1v) is 10.5. The number of fused-ring (bicyclic) bond motifs is 1. The number of piperidine rings is 1. The van der Waals surface area contributed by atoms with Gasteiger partial charge in [-0.2, -0.15) is 4.31 Å². The van der Waals surface area contributed by atoms with Crippen molar-refractivity contribution in [1.82, 2.24) is 9.29 Å². The van der Waals surface area contributed by atoms with E-state index in [1.165, 1.54) is 6.26 Å². The number of hydrogen-bond donors (Lipinski definition) is 1. The van der Waals surface area contributed by atoms with Crippen molar-refractivity contribution in [2.45, 2.75) is 32.4 Å². The quantitative estimate of drug-likeness (QED) is 0.879. The smallest absolute Gasteiger partial charge is 0.211 e. The van der Waals surface area contributed by atoms with Crippen LogP contribution in [0.3, 0.4) is 0 Å². The van der Waals surface area contributed by atoms with Crippen LogP contribution < -0.4 is 4.90 Å². The zero-order chi connectivity index (χ0) is 18.0. The van der Waals surface area contributed by atoms with Gasteiger partial charge in [0.2, 0.25) is 10.0 Å². The molecule has 1 saturated heterocycles. The molecule has 2 aromatic rings. The van der Waals surface area contributed by atoms with Crippen molar-refractivity contribution in [3.8, 4) is 0 Å². The Labute approximate surface area is 149 Å². The maximum atomic E-state index is 11.9. The van der Waals surface area contributed by atoms with Crippen molar-refractivity contribution in [1.29, 1.82) is 0 Å². The molecule has 1 fully saturated rings. The average molecular weight is 363 g/mol. The summed E-state index contributed by atoms with van der Waals surface area (Å²) in [4.78, 5) is 6.90. The molecule has 0 bridgehead atoms. The number of sulfonamides is 1. The molecular formula is C18H25N3O3S. The fraction of sp³-hybridized carbons (Fsp3) is 0.500. The van der Waals surface area contributed by atoms with Gasteiger partial charge in [0.25, 0.3) is 0 Å². The van der Waals surface area contributed by atoms with Gasteiger partial charge in [-0.05, 0) is 25.0 Å². The lowest BCUT2D eigenvalue weighted by Crippen LogP contribution is -2.47. The molecule has 1 aliphatic rings. The SMILES string of the molecule is CCN(C1CCN(c2nc3ccccc3cc2CO)CC1)S(C)(=O)=O. The van der Waals surface area contributed by atoms with Crippen molar-refractivity contribution in [3.63, 3.8) is 0 Å². The van der Waals surface area contributed by atoms with Crippen LogP contribution in [0.2, 0.25) is 0 Å². The Morgan fingerprint density at radius 1 is 1.28 bits per heavy atom. The van der Waals surface area contributed by atoms with Crippen LogP contribution in [0.4, 0.5) is 5.82 Å². The normalized spacial score (nSPS) is 16.7. The van der Waals surface area contributed by atoms with Crippen LogP contribution in [0.25, 0.3) is 10.9 Å². The fourth-order valence-corrected chi connectivity index (χ4v) is 4.89. The number of hydrogen-bond acceptors (Lipinski definition) is 5. The third-order valence-electron chi connectivity index (χ3n) is 4.86. The van der Waals surface area contributed by atoms with Crippen LogP contribution in [0.5, 0.6) is 0 Å². The van der Waals surface area contributed by atoms with E-state index in [4.69, 9.17) is 4.98 Å². The van der Waals surface area contributed by atoms with Gasteiger partial charge >= 0.3 is 0 Å². The van der Waals surface area contributed by atoms with Crippen LogP contribution >= 0.6 is 0 Å². The summed E-state index contributed by atoms with van der Waals surface area (Å²) in [5.41, 5.74) is 1.72. The van der Waals surface area contributed by atoms with Crippen LogP contribution in [0, 0.1) is 0 Å². The molecule has 0 aliphatic carbocycles. The summed E-state index contributed by atoms with van der Waals surface area (Å²) in [6.45, 7) is 3.78. The molecule has 1 aliphatic heterocycles. The molecule has 1 aromatic heterocycles. The Morgan fingerprint density at radius 2 is 1.96 bits per heavy atom. The highest BCUT2D eigenvalue weighted by Gasteiger charge is 2.30. The van der Waals surface area contributed by atoms with Crippen molar-refractivity contribution in [3.05, 3.63) is 35.9 Å². The third-order valence-corrected chi connectivity index (χ3v) is 6.27. The summed E-state index contributed by atoms with van der Waals surface area (Å²) in [6, 6.07) is 9.89. The maximum Gasteiger partial charge on any atom is 0.211 e. The summed E-state index contributed by atoms with van der Waals surface area (Å²) >= 11 is 0. The summed E-state index contributed by atoms with van der Waals surface area (Å²) in [7, 11) is -3.18. The Hall–Kier alpha value is -1.70. The molecule has 3 rings (SSSR count). The largest absolute Gasteiger partial charge is 0.392 e. The molecule has 0 saturated carbocycles. The molecule has 1 N–H and O–H groups in total. The topological polar surface area (TPSA) is 73.7 Å². The Kier molecular flexibility index (Phi) is 5.27. The number of aliphatic hydroxyl groups excluding tert-OH is 1. The van der Waals surface area contributed by atoms with Crippen molar-refractivity contribution >= 4 is 26.7 Å². The summed E-state index contributed by atoms with van der Waals surface area (Å²) in [5, 5.41) is 10.8. The van der Waals surface area contributed by atoms with E-state index in [1.807, 2.05) is 37.3 Å². The van der Waals surface area contributed by atoms with E-state index < -0.39 is 10.0 Å². The lowest BCUT2D eigenvalue weighted by Gasteiger charge is -2.38. The predicted molar refractivity (Wildman–Crippen MR) is 100 cm³/mol. The van der Waals surface area contributed by atoms with E-state index in [9.17, 15) is 13.5 Å². The second-order valence-corrected chi connectivity index (χ2v) is 8.44. The third kappa shape index (κ3) is 3.78. The van der Waals surface area contributed by atoms with Gasteiger partial charge in [0, 0.05) is 36.6 Å². The number of nitrogens with zero attached hydrogens (tertiary/aromatic N) is 3. The molecule has 25 heavy (non-hydrogen) atoms. The van der Waals surface area contributed by atoms with E-state index in [1.54, 1.807) is 4.31 Å². The first-order chi connectivity index (χ1) is 11.9. The Morgan fingerprint density at radius 3 is 2.56 bits per heavy atom. The van der Waals surface area contributed by atoms with Gasteiger partial charge in [-0.15, -0.1) is 0 Å². The second-order valence-electron chi connectivity index (χ2n) is 6.51. The lowest BCUT2D eigenvalue weighted by molar-refractivity contribution is 0.276. The lowest BCUT2D eigenvalue weighted by atomic mass is 10.0. The molecule has 0 unspecified atom stereocenters. The number of aromatic nitrogens is 1. The van der Waals surface area contributed by atoms with E-state index in [0.29, 0.717) is 6.54 Å². The van der Waals surface area contributed by atoms with Crippen LogP contribution in [-0.2, 0) is 16.6 Å². The minimum atomic E-state index is -3.18. The van der Waals surface area contributed by atoms with E-state index in [0.717, 1.165) is 48.2 Å². The van der Waals surface area contributed by atoms with Crippen molar-refractivity contribution in [2.24, 2.45) is 0 Å². The molecule has 1 aromatic carbocycles. The first kappa shape index (κ1) is 18.1. The van der Waals surface area contributed by atoms with E-state index >= 15 is 0 Å². The highest BCUT2D eigenvalue weighted by molar-refractivity contribution is 7.88. The minimum absolute atomic E-state index is 0.0364. The van der Waals surface area contributed by atoms with Crippen LogP contribution in [0.15, 0.2) is 30.3 Å². The maximum absolute atomic E-state index is 11.9. The van der Waals surface area contributed by atoms with Gasteiger partial charge in [0.05, 0.1) is 18.4 Å². The molecule has 2 heterocycles. The summed E-state index contributed by atoms with van der Waals surface area (Å²) in [6.07, 6.45) is 2.80. The number of para-hydroxylation sites is 1. The first-order valence-electron chi connectivity index (χ1n) is 8.65. The molecule has 6 nitrogen and oxygen atoms in total. The predicted octanol–water partition coefficient (Wildman–Crippen LogP) is 1.98. The molecular weight excluding hydrogens is 338 g/mol. The molecule has 0 spiro atoms. The van der Waals surface area contributed by atoms with Crippen molar-refractivity contribution < 1.29 is 13.5 Å². The monoisotopic (exact) mass is 363 g/mol. The fourth-order valence-electron chi connectivity index (χ4n) is 3.67. The van der Waals surface area contributed by atoms with Gasteiger partial charge in [-0.1, -0.05) is 25.1 Å². The molecule has 0 amide bonds. The summed E-state index contributed by atoms with van der Waals surface area (Å²) < 4.78 is 25.4. The highest BCUT2D eigenvalue weighted by atomic mass is 32.2. The van der Waals surface area contributed by atoms with E-state index in [-0.39, 0.29) is 12.6 Å². The van der Waals surface area contributed by atoms with E-state index in [2.05, 4.69) is 4.90 Å². The molecule has 7 heteroatoms. The Balaban J connectivity index is 1.82. The van der Waals surface area contributed by atoms with Crippen LogP contribution in [0.1, 0.15) is 25.3 Å². The number of aliphatic hydroxyl groups is 1. The Bertz CT molecular complexity index is 846. The number of anilines is 1. The zero-order valence-electron chi connectivity index (χ0n) is 14.7. The van der Waals surface area contributed by atoms with Gasteiger partial charge in [-0.3, -0.25) is 0 Å². The molecule has 0 radical (unpaired) electrons.